The van der Waals surface area contributed by atoms with Crippen LogP contribution in [0.5, 0.6) is 0 Å². The summed E-state index contributed by atoms with van der Waals surface area (Å²) >= 11 is 0. The zero-order valence-electron chi connectivity index (χ0n) is 8.80. The first-order valence-corrected chi connectivity index (χ1v) is 6.58. The smallest absolute Gasteiger partial charge is 0.305 e. The maximum atomic E-state index is 11.5. The molecule has 1 fully saturated rings. The van der Waals surface area contributed by atoms with Crippen molar-refractivity contribution < 1.29 is 18.3 Å². The molecule has 2 N–H and O–H groups in total. The lowest BCUT2D eigenvalue weighted by atomic mass is 10.1. The van der Waals surface area contributed by atoms with E-state index in [-0.39, 0.29) is 12.5 Å². The van der Waals surface area contributed by atoms with E-state index >= 15 is 0 Å². The molecule has 1 aliphatic rings. The maximum Gasteiger partial charge on any atom is 0.305 e. The van der Waals surface area contributed by atoms with Crippen molar-refractivity contribution >= 4 is 16.0 Å². The number of carboxylic acids is 1. The number of aliphatic carboxylic acids is 1. The van der Waals surface area contributed by atoms with Gasteiger partial charge < -0.3 is 10.4 Å². The van der Waals surface area contributed by atoms with Gasteiger partial charge in [-0.2, -0.15) is 4.31 Å². The Hall–Kier alpha value is -0.660. The van der Waals surface area contributed by atoms with Gasteiger partial charge >= 0.3 is 5.97 Å². The molecule has 0 unspecified atom stereocenters. The highest BCUT2D eigenvalue weighted by Gasteiger charge is 2.35. The van der Waals surface area contributed by atoms with Crippen LogP contribution in [-0.2, 0) is 14.8 Å². The van der Waals surface area contributed by atoms with Gasteiger partial charge in [0, 0.05) is 25.2 Å². The van der Waals surface area contributed by atoms with Crippen molar-refractivity contribution in [2.75, 3.05) is 19.3 Å². The van der Waals surface area contributed by atoms with Gasteiger partial charge in [0.25, 0.3) is 0 Å². The van der Waals surface area contributed by atoms with Crippen LogP contribution in [0.15, 0.2) is 0 Å². The van der Waals surface area contributed by atoms with Gasteiger partial charge in [0.1, 0.15) is 0 Å². The second kappa shape index (κ2) is 4.46. The van der Waals surface area contributed by atoms with Crippen molar-refractivity contribution in [1.29, 1.82) is 0 Å². The van der Waals surface area contributed by atoms with Crippen molar-refractivity contribution in [3.63, 3.8) is 0 Å². The molecule has 0 aromatic rings. The fourth-order valence-electron chi connectivity index (χ4n) is 1.96. The molecule has 0 aromatic heterocycles. The predicted octanol–water partition coefficient (Wildman–Crippen LogP) is -0.917. The van der Waals surface area contributed by atoms with Crippen LogP contribution < -0.4 is 5.32 Å². The Morgan fingerprint density at radius 3 is 2.60 bits per heavy atom. The Morgan fingerprint density at radius 1 is 1.53 bits per heavy atom. The molecule has 88 valence electrons. The molecule has 0 spiro atoms. The number of nitrogens with zero attached hydrogens (tertiary/aromatic N) is 1. The van der Waals surface area contributed by atoms with Gasteiger partial charge in [0.2, 0.25) is 10.0 Å². The molecule has 0 aliphatic carbocycles. The SMILES string of the molecule is C[C@@H]1CNC[C@@H](CC(=O)O)N1S(C)(=O)=O. The van der Waals surface area contributed by atoms with Crippen LogP contribution in [-0.4, -0.2) is 55.2 Å². The highest BCUT2D eigenvalue weighted by Crippen LogP contribution is 2.16. The summed E-state index contributed by atoms with van der Waals surface area (Å²) in [6, 6.07) is -0.681. The summed E-state index contributed by atoms with van der Waals surface area (Å²) < 4.78 is 24.3. The first kappa shape index (κ1) is 12.4. The molecule has 1 heterocycles. The van der Waals surface area contributed by atoms with Gasteiger partial charge in [-0.15, -0.1) is 0 Å². The molecule has 0 amide bonds. The Balaban J connectivity index is 2.87. The van der Waals surface area contributed by atoms with Crippen LogP contribution in [0.3, 0.4) is 0 Å². The second-order valence-electron chi connectivity index (χ2n) is 3.85. The molecule has 15 heavy (non-hydrogen) atoms. The third kappa shape index (κ3) is 3.15. The number of nitrogens with one attached hydrogen (secondary N) is 1. The standard InChI is InChI=1S/C8H16N2O4S/c1-6-4-9-5-7(3-8(11)12)10(6)15(2,13)14/h6-7,9H,3-5H2,1-2H3,(H,11,12)/t6-,7-/m1/s1. The number of carbonyl (C=O) groups is 1. The van der Waals surface area contributed by atoms with Crippen LogP contribution in [0, 0.1) is 0 Å². The number of carboxylic acid groups (broad SMARTS) is 1. The Morgan fingerprint density at radius 2 is 2.13 bits per heavy atom. The van der Waals surface area contributed by atoms with Gasteiger partial charge in [-0.3, -0.25) is 4.79 Å². The van der Waals surface area contributed by atoms with Gasteiger partial charge in [0.05, 0.1) is 12.7 Å². The van der Waals surface area contributed by atoms with E-state index in [1.165, 1.54) is 4.31 Å². The zero-order valence-corrected chi connectivity index (χ0v) is 9.62. The number of rotatable bonds is 3. The van der Waals surface area contributed by atoms with E-state index in [1.807, 2.05) is 0 Å². The Kier molecular flexibility index (Phi) is 3.69. The molecule has 0 aromatic carbocycles. The minimum Gasteiger partial charge on any atom is -0.481 e. The monoisotopic (exact) mass is 236 g/mol. The summed E-state index contributed by atoms with van der Waals surface area (Å²) in [5.41, 5.74) is 0. The van der Waals surface area contributed by atoms with Crippen molar-refractivity contribution in [2.24, 2.45) is 0 Å². The third-order valence-electron chi connectivity index (χ3n) is 2.41. The first-order chi connectivity index (χ1) is 6.82. The van der Waals surface area contributed by atoms with Crippen molar-refractivity contribution in [2.45, 2.75) is 25.4 Å². The van der Waals surface area contributed by atoms with E-state index in [9.17, 15) is 13.2 Å². The summed E-state index contributed by atoms with van der Waals surface area (Å²) in [7, 11) is -3.34. The van der Waals surface area contributed by atoms with Crippen LogP contribution in [0.2, 0.25) is 0 Å². The Labute approximate surface area is 89.3 Å². The number of piperazine rings is 1. The molecule has 7 heteroatoms. The molecule has 1 rings (SSSR count). The average Bonchev–Trinajstić information content (AvgIpc) is 1.99. The van der Waals surface area contributed by atoms with Crippen LogP contribution >= 0.6 is 0 Å². The molecule has 2 atom stereocenters. The quantitative estimate of drug-likeness (QED) is 0.662. The number of hydrogen-bond acceptors (Lipinski definition) is 4. The van der Waals surface area contributed by atoms with Crippen LogP contribution in [0.1, 0.15) is 13.3 Å². The van der Waals surface area contributed by atoms with E-state index < -0.39 is 22.0 Å². The molecular weight excluding hydrogens is 220 g/mol. The minimum absolute atomic E-state index is 0.162. The van der Waals surface area contributed by atoms with E-state index in [4.69, 9.17) is 5.11 Å². The highest BCUT2D eigenvalue weighted by molar-refractivity contribution is 7.88. The van der Waals surface area contributed by atoms with Crippen molar-refractivity contribution in [1.82, 2.24) is 9.62 Å². The van der Waals surface area contributed by atoms with E-state index in [0.717, 1.165) is 6.26 Å². The predicted molar refractivity (Wildman–Crippen MR) is 55.1 cm³/mol. The largest absolute Gasteiger partial charge is 0.481 e. The fourth-order valence-corrected chi connectivity index (χ4v) is 3.38. The summed E-state index contributed by atoms with van der Waals surface area (Å²) in [6.45, 7) is 2.72. The minimum atomic E-state index is -3.34. The van der Waals surface area contributed by atoms with Crippen LogP contribution in [0.4, 0.5) is 0 Å². The molecule has 1 aliphatic heterocycles. The highest BCUT2D eigenvalue weighted by atomic mass is 32.2. The molecule has 0 bridgehead atoms. The van der Waals surface area contributed by atoms with Gasteiger partial charge in [-0.25, -0.2) is 8.42 Å². The van der Waals surface area contributed by atoms with Crippen molar-refractivity contribution in [3.05, 3.63) is 0 Å². The first-order valence-electron chi connectivity index (χ1n) is 4.73. The lowest BCUT2D eigenvalue weighted by Crippen LogP contribution is -2.58. The summed E-state index contributed by atoms with van der Waals surface area (Å²) in [6.07, 6.45) is 0.952. The topological polar surface area (TPSA) is 86.7 Å². The van der Waals surface area contributed by atoms with Gasteiger partial charge in [0.15, 0.2) is 0 Å². The molecule has 0 radical (unpaired) electrons. The number of sulfonamides is 1. The maximum absolute atomic E-state index is 11.5. The lowest BCUT2D eigenvalue weighted by Gasteiger charge is -2.38. The lowest BCUT2D eigenvalue weighted by molar-refractivity contribution is -0.138. The average molecular weight is 236 g/mol. The number of hydrogen-bond donors (Lipinski definition) is 2. The second-order valence-corrected chi connectivity index (χ2v) is 5.74. The fraction of sp³-hybridized carbons (Fsp3) is 0.875. The Bertz CT molecular complexity index is 341. The van der Waals surface area contributed by atoms with Gasteiger partial charge in [-0.05, 0) is 6.92 Å². The van der Waals surface area contributed by atoms with Gasteiger partial charge in [-0.1, -0.05) is 0 Å². The van der Waals surface area contributed by atoms with E-state index in [2.05, 4.69) is 5.32 Å². The van der Waals surface area contributed by atoms with Crippen molar-refractivity contribution in [3.8, 4) is 0 Å². The molecule has 1 saturated heterocycles. The molecular formula is C8H16N2O4S. The van der Waals surface area contributed by atoms with E-state index in [0.29, 0.717) is 13.1 Å². The van der Waals surface area contributed by atoms with Crippen LogP contribution in [0.25, 0.3) is 0 Å². The zero-order chi connectivity index (χ0) is 11.6. The third-order valence-corrected chi connectivity index (χ3v) is 3.83. The molecule has 0 saturated carbocycles. The normalized spacial score (nSPS) is 28.9. The summed E-state index contributed by atoms with van der Waals surface area (Å²) in [5.74, 6) is -0.982. The molecule has 6 nitrogen and oxygen atoms in total. The van der Waals surface area contributed by atoms with E-state index in [1.54, 1.807) is 6.92 Å². The summed E-state index contributed by atoms with van der Waals surface area (Å²) in [4.78, 5) is 10.6. The summed E-state index contributed by atoms with van der Waals surface area (Å²) in [5, 5.41) is 11.7.